The van der Waals surface area contributed by atoms with E-state index in [1.54, 1.807) is 36.7 Å². The highest BCUT2D eigenvalue weighted by Crippen LogP contribution is 2.20. The Balaban J connectivity index is 1.92. The molecule has 1 aromatic carbocycles. The van der Waals surface area contributed by atoms with Gasteiger partial charge in [0.1, 0.15) is 6.07 Å². The fourth-order valence-electron chi connectivity index (χ4n) is 1.37. The number of carbonyl (C=O) groups excluding carboxylic acids is 1. The van der Waals surface area contributed by atoms with Crippen molar-refractivity contribution in [3.8, 4) is 6.07 Å². The number of nitrogens with one attached hydrogen (secondary N) is 1. The van der Waals surface area contributed by atoms with Gasteiger partial charge in [-0.1, -0.05) is 23.4 Å². The first-order valence-corrected chi connectivity index (χ1v) is 6.94. The topological polar surface area (TPSA) is 78.7 Å². The van der Waals surface area contributed by atoms with E-state index in [0.717, 1.165) is 0 Å². The molecule has 0 aliphatic rings. The lowest BCUT2D eigenvalue weighted by atomic mass is 10.2. The molecular formula is C13H9ClN4OS. The molecule has 0 spiro atoms. The largest absolute Gasteiger partial charge is 0.325 e. The Morgan fingerprint density at radius 1 is 1.40 bits per heavy atom. The van der Waals surface area contributed by atoms with E-state index >= 15 is 0 Å². The van der Waals surface area contributed by atoms with E-state index in [1.165, 1.54) is 11.8 Å². The van der Waals surface area contributed by atoms with Crippen LogP contribution in [0, 0.1) is 11.3 Å². The highest BCUT2D eigenvalue weighted by molar-refractivity contribution is 7.99. The molecule has 1 aromatic heterocycles. The Hall–Kier alpha value is -2.10. The molecule has 1 amide bonds. The van der Waals surface area contributed by atoms with Crippen molar-refractivity contribution in [1.82, 2.24) is 9.97 Å². The Kier molecular flexibility index (Phi) is 4.93. The van der Waals surface area contributed by atoms with E-state index < -0.39 is 0 Å². The molecule has 0 bridgehead atoms. The second-order valence-electron chi connectivity index (χ2n) is 3.67. The van der Waals surface area contributed by atoms with E-state index in [1.807, 2.05) is 6.07 Å². The van der Waals surface area contributed by atoms with Crippen molar-refractivity contribution in [2.45, 2.75) is 5.16 Å². The van der Waals surface area contributed by atoms with Crippen LogP contribution in [0.3, 0.4) is 0 Å². The van der Waals surface area contributed by atoms with Crippen molar-refractivity contribution >= 4 is 35.0 Å². The van der Waals surface area contributed by atoms with E-state index in [2.05, 4.69) is 15.3 Å². The Morgan fingerprint density at radius 3 is 2.80 bits per heavy atom. The molecule has 0 saturated carbocycles. The minimum Gasteiger partial charge on any atom is -0.325 e. The van der Waals surface area contributed by atoms with Crippen LogP contribution in [0.25, 0.3) is 0 Å². The lowest BCUT2D eigenvalue weighted by Gasteiger charge is -2.05. The number of nitriles is 1. The molecule has 0 aliphatic carbocycles. The summed E-state index contributed by atoms with van der Waals surface area (Å²) < 4.78 is 0. The molecule has 7 heteroatoms. The monoisotopic (exact) mass is 304 g/mol. The third-order valence-electron chi connectivity index (χ3n) is 2.25. The van der Waals surface area contributed by atoms with Crippen molar-refractivity contribution in [1.29, 1.82) is 5.26 Å². The number of benzene rings is 1. The third kappa shape index (κ3) is 3.95. The minimum atomic E-state index is -0.191. The fourth-order valence-corrected chi connectivity index (χ4v) is 2.20. The van der Waals surface area contributed by atoms with Gasteiger partial charge in [0.05, 0.1) is 16.3 Å². The lowest BCUT2D eigenvalue weighted by molar-refractivity contribution is -0.113. The third-order valence-corrected chi connectivity index (χ3v) is 3.44. The van der Waals surface area contributed by atoms with Gasteiger partial charge in [-0.05, 0) is 24.3 Å². The summed E-state index contributed by atoms with van der Waals surface area (Å²) in [5.41, 5.74) is 0.922. The quantitative estimate of drug-likeness (QED) is 0.694. The molecule has 0 fully saturated rings. The molecular weight excluding hydrogens is 296 g/mol. The molecule has 1 heterocycles. The van der Waals surface area contributed by atoms with E-state index in [0.29, 0.717) is 21.4 Å². The predicted octanol–water partition coefficient (Wildman–Crippen LogP) is 2.73. The zero-order chi connectivity index (χ0) is 14.4. The number of anilines is 1. The molecule has 100 valence electrons. The molecule has 2 rings (SSSR count). The van der Waals surface area contributed by atoms with Gasteiger partial charge in [0.15, 0.2) is 5.16 Å². The summed E-state index contributed by atoms with van der Waals surface area (Å²) in [7, 11) is 0. The van der Waals surface area contributed by atoms with E-state index in [4.69, 9.17) is 16.9 Å². The molecule has 5 nitrogen and oxygen atoms in total. The van der Waals surface area contributed by atoms with Gasteiger partial charge < -0.3 is 5.32 Å². The van der Waals surface area contributed by atoms with Crippen LogP contribution in [-0.4, -0.2) is 21.6 Å². The maximum Gasteiger partial charge on any atom is 0.234 e. The average molecular weight is 305 g/mol. The Morgan fingerprint density at radius 2 is 2.15 bits per heavy atom. The molecule has 0 saturated heterocycles. The van der Waals surface area contributed by atoms with Crippen LogP contribution in [0.4, 0.5) is 5.69 Å². The SMILES string of the molecule is N#Cc1ccc(NC(=O)CSc2ncccn2)cc1Cl. The van der Waals surface area contributed by atoms with Gasteiger partial charge in [-0.3, -0.25) is 4.79 Å². The number of carbonyl (C=O) groups is 1. The van der Waals surface area contributed by atoms with Gasteiger partial charge >= 0.3 is 0 Å². The summed E-state index contributed by atoms with van der Waals surface area (Å²) in [4.78, 5) is 19.8. The second kappa shape index (κ2) is 6.89. The van der Waals surface area contributed by atoms with Crippen LogP contribution >= 0.6 is 23.4 Å². The molecule has 0 unspecified atom stereocenters. The van der Waals surface area contributed by atoms with Crippen molar-refractivity contribution in [2.75, 3.05) is 11.1 Å². The highest BCUT2D eigenvalue weighted by atomic mass is 35.5. The average Bonchev–Trinajstić information content (AvgIpc) is 2.46. The zero-order valence-corrected chi connectivity index (χ0v) is 11.8. The first-order valence-electron chi connectivity index (χ1n) is 5.58. The number of hydrogen-bond acceptors (Lipinski definition) is 5. The van der Waals surface area contributed by atoms with Gasteiger partial charge in [-0.15, -0.1) is 0 Å². The van der Waals surface area contributed by atoms with Crippen LogP contribution in [0.5, 0.6) is 0 Å². The summed E-state index contributed by atoms with van der Waals surface area (Å²) in [6.07, 6.45) is 3.24. The lowest BCUT2D eigenvalue weighted by Crippen LogP contribution is -2.14. The first kappa shape index (κ1) is 14.3. The summed E-state index contributed by atoms with van der Waals surface area (Å²) in [5.74, 6) is 0.00461. The molecule has 20 heavy (non-hydrogen) atoms. The smallest absolute Gasteiger partial charge is 0.234 e. The zero-order valence-electron chi connectivity index (χ0n) is 10.2. The maximum absolute atomic E-state index is 11.8. The van der Waals surface area contributed by atoms with Crippen molar-refractivity contribution in [3.63, 3.8) is 0 Å². The van der Waals surface area contributed by atoms with E-state index in [9.17, 15) is 4.79 Å². The summed E-state index contributed by atoms with van der Waals surface area (Å²) >= 11 is 7.13. The van der Waals surface area contributed by atoms with Gasteiger partial charge in [-0.2, -0.15) is 5.26 Å². The standard InChI is InChI=1S/C13H9ClN4OS/c14-11-6-10(3-2-9(11)7-15)18-12(19)8-20-13-16-4-1-5-17-13/h1-6H,8H2,(H,18,19). The number of halogens is 1. The molecule has 0 radical (unpaired) electrons. The number of hydrogen-bond donors (Lipinski definition) is 1. The number of rotatable bonds is 4. The predicted molar refractivity (Wildman–Crippen MR) is 77.6 cm³/mol. The number of amides is 1. The van der Waals surface area contributed by atoms with Gasteiger partial charge in [0.25, 0.3) is 0 Å². The van der Waals surface area contributed by atoms with E-state index in [-0.39, 0.29) is 11.7 Å². The number of thioether (sulfide) groups is 1. The van der Waals surface area contributed by atoms with Crippen LogP contribution in [-0.2, 0) is 4.79 Å². The normalized spacial score (nSPS) is 9.80. The Bertz CT molecular complexity index is 657. The first-order chi connectivity index (χ1) is 9.69. The van der Waals surface area contributed by atoms with Crippen LogP contribution in [0.2, 0.25) is 5.02 Å². The Labute approximate surface area is 125 Å². The number of nitrogens with zero attached hydrogens (tertiary/aromatic N) is 3. The molecule has 1 N–H and O–H groups in total. The van der Waals surface area contributed by atoms with Crippen molar-refractivity contribution in [3.05, 3.63) is 47.2 Å². The number of aromatic nitrogens is 2. The molecule has 2 aromatic rings. The van der Waals surface area contributed by atoms with Crippen LogP contribution in [0.15, 0.2) is 41.8 Å². The van der Waals surface area contributed by atoms with Crippen molar-refractivity contribution < 1.29 is 4.79 Å². The van der Waals surface area contributed by atoms with Gasteiger partial charge in [-0.25, -0.2) is 9.97 Å². The van der Waals surface area contributed by atoms with Gasteiger partial charge in [0, 0.05) is 18.1 Å². The summed E-state index contributed by atoms with van der Waals surface area (Å²) in [5, 5.41) is 12.3. The van der Waals surface area contributed by atoms with Crippen LogP contribution in [0.1, 0.15) is 5.56 Å². The fraction of sp³-hybridized carbons (Fsp3) is 0.0769. The molecule has 0 atom stereocenters. The summed E-state index contributed by atoms with van der Waals surface area (Å²) in [6, 6.07) is 8.40. The van der Waals surface area contributed by atoms with Crippen molar-refractivity contribution in [2.24, 2.45) is 0 Å². The summed E-state index contributed by atoms with van der Waals surface area (Å²) in [6.45, 7) is 0. The minimum absolute atomic E-state index is 0.191. The second-order valence-corrected chi connectivity index (χ2v) is 5.02. The highest BCUT2D eigenvalue weighted by Gasteiger charge is 2.07. The van der Waals surface area contributed by atoms with Crippen LogP contribution < -0.4 is 5.32 Å². The maximum atomic E-state index is 11.8. The molecule has 0 aliphatic heterocycles. The van der Waals surface area contributed by atoms with Gasteiger partial charge in [0.2, 0.25) is 5.91 Å².